The fraction of sp³-hybridized carbons (Fsp3) is 0.917. The minimum atomic E-state index is -2.55. The first-order valence-electron chi connectivity index (χ1n) is 6.83. The molecule has 0 N–H and O–H groups in total. The summed E-state index contributed by atoms with van der Waals surface area (Å²) in [7, 11) is -1.20. The molecule has 0 bridgehead atoms. The van der Waals surface area contributed by atoms with Crippen molar-refractivity contribution >= 4 is 8.38 Å². The summed E-state index contributed by atoms with van der Waals surface area (Å²) in [6.07, 6.45) is -4.04. The smallest absolute Gasteiger partial charge is 0.264 e. The van der Waals surface area contributed by atoms with Gasteiger partial charge in [-0.2, -0.15) is 5.26 Å². The van der Waals surface area contributed by atoms with E-state index in [9.17, 15) is 8.78 Å². The number of hydrogen-bond acceptors (Lipinski definition) is 4. The average molecular weight is 296 g/mol. The Hall–Kier alpha value is -0.340. The van der Waals surface area contributed by atoms with Gasteiger partial charge in [0.15, 0.2) is 8.38 Å². The third kappa shape index (κ3) is 5.27. The van der Waals surface area contributed by atoms with E-state index in [1.54, 1.807) is 13.6 Å². The molecule has 1 rings (SSSR count). The molecule has 19 heavy (non-hydrogen) atoms. The Morgan fingerprint density at radius 2 is 2.37 bits per heavy atom. The number of nitrogens with zero attached hydrogens (tertiary/aromatic N) is 1. The summed E-state index contributed by atoms with van der Waals surface area (Å²) in [5.74, 6) is -0.328. The fourth-order valence-electron chi connectivity index (χ4n) is 1.94. The Balaban J connectivity index is 2.50. The number of nitriles is 1. The van der Waals surface area contributed by atoms with Gasteiger partial charge in [-0.25, -0.2) is 8.78 Å². The molecular weight excluding hydrogens is 275 g/mol. The monoisotopic (exact) mass is 296 g/mol. The Labute approximate surface area is 115 Å². The van der Waals surface area contributed by atoms with Crippen molar-refractivity contribution in [3.8, 4) is 6.07 Å². The molecule has 1 saturated heterocycles. The largest absolute Gasteiger partial charge is 0.366 e. The normalized spacial score (nSPS) is 33.8. The van der Waals surface area contributed by atoms with Crippen molar-refractivity contribution in [2.75, 3.05) is 13.3 Å². The van der Waals surface area contributed by atoms with Gasteiger partial charge in [-0.1, -0.05) is 6.92 Å². The maximum atomic E-state index is 12.8. The van der Waals surface area contributed by atoms with Gasteiger partial charge in [-0.15, -0.1) is 0 Å². The molecule has 0 amide bonds. The summed E-state index contributed by atoms with van der Waals surface area (Å²) in [4.78, 5) is 0. The van der Waals surface area contributed by atoms with E-state index in [4.69, 9.17) is 20.4 Å². The van der Waals surface area contributed by atoms with Gasteiger partial charge in [0.05, 0.1) is 31.3 Å². The van der Waals surface area contributed by atoms with Crippen molar-refractivity contribution in [2.24, 2.45) is 5.92 Å². The molecule has 110 valence electrons. The molecule has 1 aliphatic heterocycles. The lowest BCUT2D eigenvalue weighted by molar-refractivity contribution is -0.171. The van der Waals surface area contributed by atoms with E-state index in [1.807, 2.05) is 6.07 Å². The molecule has 5 atom stereocenters. The van der Waals surface area contributed by atoms with Crippen molar-refractivity contribution in [1.29, 1.82) is 5.26 Å². The Bertz CT molecular complexity index is 332. The van der Waals surface area contributed by atoms with Gasteiger partial charge >= 0.3 is 0 Å². The van der Waals surface area contributed by atoms with E-state index in [1.165, 1.54) is 0 Å². The van der Waals surface area contributed by atoms with Crippen LogP contribution in [-0.4, -0.2) is 38.0 Å². The van der Waals surface area contributed by atoms with E-state index >= 15 is 0 Å². The lowest BCUT2D eigenvalue weighted by atomic mass is 9.92. The predicted octanol–water partition coefficient (Wildman–Crippen LogP) is 3.32. The molecule has 0 aromatic rings. The highest BCUT2D eigenvalue weighted by atomic mass is 31.2. The summed E-state index contributed by atoms with van der Waals surface area (Å²) in [6, 6.07) is 1.96. The molecule has 4 nitrogen and oxygen atoms in total. The Morgan fingerprint density at radius 3 is 2.95 bits per heavy atom. The van der Waals surface area contributed by atoms with Crippen molar-refractivity contribution in [2.45, 2.75) is 51.4 Å². The van der Waals surface area contributed by atoms with E-state index in [-0.39, 0.29) is 25.8 Å². The molecule has 0 aromatic carbocycles. The summed E-state index contributed by atoms with van der Waals surface area (Å²) < 4.78 is 49.3. The third-order valence-corrected chi connectivity index (χ3v) is 4.04. The van der Waals surface area contributed by atoms with E-state index in [0.29, 0.717) is 6.42 Å². The van der Waals surface area contributed by atoms with Crippen molar-refractivity contribution in [1.82, 2.24) is 0 Å². The third-order valence-electron chi connectivity index (χ3n) is 2.93. The second kappa shape index (κ2) is 8.06. The van der Waals surface area contributed by atoms with Gasteiger partial charge in [0.25, 0.3) is 6.43 Å². The first-order valence-corrected chi connectivity index (χ1v) is 7.75. The molecule has 7 heteroatoms. The maximum absolute atomic E-state index is 12.8. The van der Waals surface area contributed by atoms with E-state index < -0.39 is 33.1 Å². The molecule has 1 aliphatic rings. The summed E-state index contributed by atoms with van der Waals surface area (Å²) in [5.41, 5.74) is 0. The molecule has 2 unspecified atom stereocenters. The summed E-state index contributed by atoms with van der Waals surface area (Å²) in [6.45, 7) is 3.61. The number of halogens is 2. The highest BCUT2D eigenvalue weighted by Crippen LogP contribution is 2.40. The number of alkyl halides is 2. The predicted molar refractivity (Wildman–Crippen MR) is 68.0 cm³/mol. The van der Waals surface area contributed by atoms with Crippen molar-refractivity contribution in [3.05, 3.63) is 0 Å². The SMILES string of the molecule is [2H]C[C@H]1OC(C(F)F)[C@@H](C)C[C@@H]1OP(C)OCCC#N. The van der Waals surface area contributed by atoms with Crippen LogP contribution in [0.5, 0.6) is 0 Å². The number of rotatable bonds is 6. The minimum Gasteiger partial charge on any atom is -0.366 e. The summed E-state index contributed by atoms with van der Waals surface area (Å²) in [5, 5.41) is 8.42. The van der Waals surface area contributed by atoms with Crippen LogP contribution in [0.3, 0.4) is 0 Å². The number of hydrogen-bond donors (Lipinski definition) is 0. The van der Waals surface area contributed by atoms with Gasteiger partial charge in [-0.3, -0.25) is 0 Å². The van der Waals surface area contributed by atoms with Crippen LogP contribution < -0.4 is 0 Å². The zero-order valence-electron chi connectivity index (χ0n) is 12.1. The Morgan fingerprint density at radius 1 is 1.63 bits per heavy atom. The topological polar surface area (TPSA) is 51.5 Å². The molecule has 0 aromatic heterocycles. The zero-order chi connectivity index (χ0) is 15.1. The van der Waals surface area contributed by atoms with Crippen LogP contribution in [-0.2, 0) is 13.8 Å². The van der Waals surface area contributed by atoms with Crippen molar-refractivity contribution < 1.29 is 23.9 Å². The highest BCUT2D eigenvalue weighted by molar-refractivity contribution is 7.46. The molecule has 0 spiro atoms. The molecule has 0 radical (unpaired) electrons. The zero-order valence-corrected chi connectivity index (χ0v) is 12.0. The van der Waals surface area contributed by atoms with Gasteiger partial charge in [0, 0.05) is 8.04 Å². The van der Waals surface area contributed by atoms with E-state index in [0.717, 1.165) is 0 Å². The first kappa shape index (κ1) is 15.1. The second-order valence-corrected chi connectivity index (χ2v) is 5.86. The van der Waals surface area contributed by atoms with Crippen LogP contribution in [0.1, 0.15) is 28.0 Å². The van der Waals surface area contributed by atoms with Gasteiger partial charge in [-0.05, 0) is 19.2 Å². The molecule has 1 fully saturated rings. The van der Waals surface area contributed by atoms with Crippen LogP contribution in [0.2, 0.25) is 0 Å². The van der Waals surface area contributed by atoms with Crippen LogP contribution in [0.15, 0.2) is 0 Å². The lowest BCUT2D eigenvalue weighted by Gasteiger charge is -2.39. The van der Waals surface area contributed by atoms with E-state index in [2.05, 4.69) is 0 Å². The molecule has 0 saturated carbocycles. The highest BCUT2D eigenvalue weighted by Gasteiger charge is 2.39. The second-order valence-electron chi connectivity index (χ2n) is 4.51. The van der Waals surface area contributed by atoms with Gasteiger partial charge in [0.2, 0.25) is 0 Å². The summed E-state index contributed by atoms with van der Waals surface area (Å²) >= 11 is 0. The Kier molecular flexibility index (Phi) is 6.39. The van der Waals surface area contributed by atoms with Crippen molar-refractivity contribution in [3.63, 3.8) is 0 Å². The maximum Gasteiger partial charge on any atom is 0.264 e. The van der Waals surface area contributed by atoms with Crippen LogP contribution in [0.4, 0.5) is 8.78 Å². The fourth-order valence-corrected chi connectivity index (χ4v) is 2.95. The standard InChI is InChI=1S/C12H20F2NO3P/c1-8-7-10(9(2)17-11(8)12(13)14)18-19(3)16-6-4-5-15/h8-12H,4,6-7H2,1-3H3/t8-,9+,10-,11?,19?/m0/s1/i2D. The van der Waals surface area contributed by atoms with Gasteiger partial charge in [0.1, 0.15) is 6.10 Å². The number of ether oxygens (including phenoxy) is 1. The van der Waals surface area contributed by atoms with Crippen LogP contribution in [0, 0.1) is 17.2 Å². The quantitative estimate of drug-likeness (QED) is 0.557. The molecular formula is C12H20F2NO3P. The lowest BCUT2D eigenvalue weighted by Crippen LogP contribution is -2.45. The van der Waals surface area contributed by atoms with Gasteiger partial charge < -0.3 is 13.8 Å². The molecule has 1 heterocycles. The average Bonchev–Trinajstić information content (AvgIpc) is 2.38. The van der Waals surface area contributed by atoms with Crippen LogP contribution in [0.25, 0.3) is 0 Å². The van der Waals surface area contributed by atoms with Crippen LogP contribution >= 0.6 is 8.38 Å². The first-order chi connectivity index (χ1) is 9.49. The molecule has 0 aliphatic carbocycles. The minimum absolute atomic E-state index is 0.123.